The van der Waals surface area contributed by atoms with Crippen molar-refractivity contribution in [2.24, 2.45) is 0 Å². The number of carbonyl (C=O) groups is 1. The minimum atomic E-state index is 0.00278. The van der Waals surface area contributed by atoms with Crippen molar-refractivity contribution in [2.75, 3.05) is 13.6 Å². The first-order valence-electron chi connectivity index (χ1n) is 3.67. The van der Waals surface area contributed by atoms with Crippen LogP contribution in [-0.2, 0) is 4.79 Å². The van der Waals surface area contributed by atoms with Gasteiger partial charge in [-0.2, -0.15) is 0 Å². The normalized spacial score (nSPS) is 12.3. The van der Waals surface area contributed by atoms with Gasteiger partial charge in [0.2, 0.25) is 5.91 Å². The van der Waals surface area contributed by atoms with Crippen LogP contribution in [0.3, 0.4) is 0 Å². The predicted octanol–water partition coefficient (Wildman–Crippen LogP) is 0.287. The summed E-state index contributed by atoms with van der Waals surface area (Å²) in [5, 5.41) is 5.55. The first kappa shape index (κ1) is 10.2. The Morgan fingerprint density at radius 1 is 1.64 bits per heavy atom. The molecule has 0 aromatic carbocycles. The molecular formula is C8H16N2O. The summed E-state index contributed by atoms with van der Waals surface area (Å²) < 4.78 is 0. The molecule has 0 fully saturated rings. The lowest BCUT2D eigenvalue weighted by Gasteiger charge is -2.12. The number of hydrogen-bond acceptors (Lipinski definition) is 2. The second-order valence-corrected chi connectivity index (χ2v) is 2.67. The average Bonchev–Trinajstić information content (AvgIpc) is 1.87. The molecule has 0 spiro atoms. The molecule has 0 aromatic heterocycles. The van der Waals surface area contributed by atoms with E-state index in [2.05, 4.69) is 17.2 Å². The molecule has 0 bridgehead atoms. The van der Waals surface area contributed by atoms with Gasteiger partial charge in [0.1, 0.15) is 0 Å². The minimum absolute atomic E-state index is 0.00278. The molecule has 0 aliphatic carbocycles. The smallest absolute Gasteiger partial charge is 0.234 e. The van der Waals surface area contributed by atoms with Crippen molar-refractivity contribution >= 4 is 5.91 Å². The highest BCUT2D eigenvalue weighted by Gasteiger charge is 2.05. The van der Waals surface area contributed by atoms with Gasteiger partial charge in [0.15, 0.2) is 0 Å². The van der Waals surface area contributed by atoms with E-state index in [0.29, 0.717) is 6.54 Å². The van der Waals surface area contributed by atoms with E-state index < -0.39 is 0 Å². The lowest BCUT2D eigenvalue weighted by molar-refractivity contribution is -0.120. The zero-order chi connectivity index (χ0) is 8.85. The maximum absolute atomic E-state index is 10.9. The predicted molar refractivity (Wildman–Crippen MR) is 46.3 cm³/mol. The van der Waals surface area contributed by atoms with Gasteiger partial charge >= 0.3 is 0 Å². The first-order chi connectivity index (χ1) is 5.07. The molecule has 1 unspecified atom stereocenters. The molecule has 0 saturated carbocycles. The van der Waals surface area contributed by atoms with E-state index in [0.717, 1.165) is 5.57 Å². The van der Waals surface area contributed by atoms with Crippen molar-refractivity contribution in [1.29, 1.82) is 0 Å². The third-order valence-electron chi connectivity index (χ3n) is 1.45. The Morgan fingerprint density at radius 3 is 2.55 bits per heavy atom. The molecule has 3 heteroatoms. The van der Waals surface area contributed by atoms with E-state index in [1.165, 1.54) is 0 Å². The summed E-state index contributed by atoms with van der Waals surface area (Å²) in [4.78, 5) is 10.9. The zero-order valence-corrected chi connectivity index (χ0v) is 7.40. The fourth-order valence-corrected chi connectivity index (χ4v) is 0.576. The molecule has 3 nitrogen and oxygen atoms in total. The highest BCUT2D eigenvalue weighted by molar-refractivity contribution is 5.78. The zero-order valence-electron chi connectivity index (χ0n) is 7.40. The molecule has 0 aromatic rings. The van der Waals surface area contributed by atoms with E-state index in [1.807, 2.05) is 13.8 Å². The molecule has 0 radical (unpaired) electrons. The molecule has 64 valence electrons. The van der Waals surface area contributed by atoms with E-state index in [9.17, 15) is 4.79 Å². The van der Waals surface area contributed by atoms with Crippen LogP contribution in [0, 0.1) is 0 Å². The molecule has 1 amide bonds. The highest BCUT2D eigenvalue weighted by atomic mass is 16.1. The molecule has 11 heavy (non-hydrogen) atoms. The Balaban J connectivity index is 3.66. The summed E-state index contributed by atoms with van der Waals surface area (Å²) in [5.41, 5.74) is 0.967. The van der Waals surface area contributed by atoms with Crippen molar-refractivity contribution in [3.05, 3.63) is 12.2 Å². The molecule has 0 saturated heterocycles. The van der Waals surface area contributed by atoms with E-state index in [4.69, 9.17) is 0 Å². The molecule has 0 aliphatic heterocycles. The summed E-state index contributed by atoms with van der Waals surface area (Å²) >= 11 is 0. The van der Waals surface area contributed by atoms with E-state index >= 15 is 0 Å². The lowest BCUT2D eigenvalue weighted by atomic mass is 10.2. The van der Waals surface area contributed by atoms with Crippen LogP contribution >= 0.6 is 0 Å². The number of nitrogens with one attached hydrogen (secondary N) is 2. The fourth-order valence-electron chi connectivity index (χ4n) is 0.576. The standard InChI is InChI=1S/C8H16N2O/c1-6(2)7(3)10-8(11)5-9-4/h7,9H,1,5H2,2-4H3,(H,10,11). The van der Waals surface area contributed by atoms with Gasteiger partial charge in [0.25, 0.3) is 0 Å². The maximum Gasteiger partial charge on any atom is 0.234 e. The Kier molecular flexibility index (Phi) is 4.54. The Bertz CT molecular complexity index is 154. The van der Waals surface area contributed by atoms with Gasteiger partial charge in [-0.1, -0.05) is 12.2 Å². The fraction of sp³-hybridized carbons (Fsp3) is 0.625. The quantitative estimate of drug-likeness (QED) is 0.574. The summed E-state index contributed by atoms with van der Waals surface area (Å²) in [6, 6.07) is 0.0656. The number of hydrogen-bond donors (Lipinski definition) is 2. The van der Waals surface area contributed by atoms with Crippen LogP contribution in [0.5, 0.6) is 0 Å². The van der Waals surface area contributed by atoms with Crippen LogP contribution in [0.2, 0.25) is 0 Å². The van der Waals surface area contributed by atoms with Crippen molar-refractivity contribution in [3.8, 4) is 0 Å². The van der Waals surface area contributed by atoms with Crippen molar-refractivity contribution in [3.63, 3.8) is 0 Å². The van der Waals surface area contributed by atoms with Gasteiger partial charge in [0.05, 0.1) is 6.54 Å². The molecule has 0 rings (SSSR count). The van der Waals surface area contributed by atoms with Gasteiger partial charge in [0, 0.05) is 6.04 Å². The number of rotatable bonds is 4. The molecule has 0 aliphatic rings. The SMILES string of the molecule is C=C(C)C(C)NC(=O)CNC. The van der Waals surface area contributed by atoms with Crippen molar-refractivity contribution < 1.29 is 4.79 Å². The van der Waals surface area contributed by atoms with Crippen LogP contribution < -0.4 is 10.6 Å². The number of carbonyl (C=O) groups excluding carboxylic acids is 1. The third kappa shape index (κ3) is 4.56. The highest BCUT2D eigenvalue weighted by Crippen LogP contribution is 1.94. The first-order valence-corrected chi connectivity index (χ1v) is 3.67. The summed E-state index contributed by atoms with van der Waals surface area (Å²) in [6.07, 6.45) is 0. The molecular weight excluding hydrogens is 140 g/mol. The Morgan fingerprint density at radius 2 is 2.18 bits per heavy atom. The van der Waals surface area contributed by atoms with E-state index in [1.54, 1.807) is 7.05 Å². The van der Waals surface area contributed by atoms with Crippen LogP contribution in [0.4, 0.5) is 0 Å². The summed E-state index contributed by atoms with van der Waals surface area (Å²) in [7, 11) is 1.74. The topological polar surface area (TPSA) is 41.1 Å². The summed E-state index contributed by atoms with van der Waals surface area (Å²) in [6.45, 7) is 7.90. The van der Waals surface area contributed by atoms with Crippen LogP contribution in [0.15, 0.2) is 12.2 Å². The van der Waals surface area contributed by atoms with Gasteiger partial charge in [-0.05, 0) is 20.9 Å². The Labute approximate surface area is 67.9 Å². The second-order valence-electron chi connectivity index (χ2n) is 2.67. The van der Waals surface area contributed by atoms with E-state index in [-0.39, 0.29) is 11.9 Å². The number of amides is 1. The monoisotopic (exact) mass is 156 g/mol. The summed E-state index contributed by atoms with van der Waals surface area (Å²) in [5.74, 6) is 0.00278. The van der Waals surface area contributed by atoms with Crippen LogP contribution in [0.1, 0.15) is 13.8 Å². The average molecular weight is 156 g/mol. The Hall–Kier alpha value is -0.830. The van der Waals surface area contributed by atoms with Gasteiger partial charge < -0.3 is 10.6 Å². The van der Waals surface area contributed by atoms with Crippen LogP contribution in [-0.4, -0.2) is 25.5 Å². The largest absolute Gasteiger partial charge is 0.349 e. The van der Waals surface area contributed by atoms with Crippen molar-refractivity contribution in [2.45, 2.75) is 19.9 Å². The number of likely N-dealkylation sites (N-methyl/N-ethyl adjacent to an activating group) is 1. The lowest BCUT2D eigenvalue weighted by Crippen LogP contribution is -2.38. The third-order valence-corrected chi connectivity index (χ3v) is 1.45. The van der Waals surface area contributed by atoms with Crippen LogP contribution in [0.25, 0.3) is 0 Å². The van der Waals surface area contributed by atoms with Gasteiger partial charge in [-0.3, -0.25) is 4.79 Å². The van der Waals surface area contributed by atoms with Gasteiger partial charge in [-0.25, -0.2) is 0 Å². The molecule has 1 atom stereocenters. The van der Waals surface area contributed by atoms with Crippen molar-refractivity contribution in [1.82, 2.24) is 10.6 Å². The molecule has 2 N–H and O–H groups in total. The maximum atomic E-state index is 10.9. The second kappa shape index (κ2) is 4.91. The molecule has 0 heterocycles. The van der Waals surface area contributed by atoms with Gasteiger partial charge in [-0.15, -0.1) is 0 Å². The minimum Gasteiger partial charge on any atom is -0.349 e.